The second-order valence-corrected chi connectivity index (χ2v) is 6.25. The van der Waals surface area contributed by atoms with Gasteiger partial charge >= 0.3 is 0 Å². The first-order valence-electron chi connectivity index (χ1n) is 7.61. The van der Waals surface area contributed by atoms with Crippen molar-refractivity contribution in [2.75, 3.05) is 0 Å². The van der Waals surface area contributed by atoms with Crippen molar-refractivity contribution in [3.8, 4) is 11.4 Å². The second kappa shape index (κ2) is 6.76. The van der Waals surface area contributed by atoms with Gasteiger partial charge in [0.2, 0.25) is 0 Å². The van der Waals surface area contributed by atoms with Crippen LogP contribution in [0.5, 0.6) is 0 Å². The van der Waals surface area contributed by atoms with Gasteiger partial charge in [0.25, 0.3) is 0 Å². The molecule has 3 heterocycles. The smallest absolute Gasteiger partial charge is 0.119 e. The standard InChI is InChI=1S/C19H14N4S/c1-2-6-16-14(5-1)8-9-15(21-16)13-24-19-11-10-18(22-23-19)17-7-3-4-12-20-17/h1-12H,13H2. The lowest BCUT2D eigenvalue weighted by Gasteiger charge is -2.03. The lowest BCUT2D eigenvalue weighted by Crippen LogP contribution is -1.92. The number of hydrogen-bond acceptors (Lipinski definition) is 5. The van der Waals surface area contributed by atoms with E-state index in [1.807, 2.05) is 48.5 Å². The molecule has 0 aliphatic rings. The van der Waals surface area contributed by atoms with Crippen molar-refractivity contribution in [2.45, 2.75) is 10.8 Å². The van der Waals surface area contributed by atoms with Gasteiger partial charge in [-0.15, -0.1) is 10.2 Å². The van der Waals surface area contributed by atoms with Crippen molar-refractivity contribution >= 4 is 22.7 Å². The molecule has 3 aromatic heterocycles. The quantitative estimate of drug-likeness (QED) is 0.520. The van der Waals surface area contributed by atoms with Gasteiger partial charge in [0, 0.05) is 17.3 Å². The molecule has 0 radical (unpaired) electrons. The summed E-state index contributed by atoms with van der Waals surface area (Å²) >= 11 is 1.63. The Hall–Kier alpha value is -2.79. The van der Waals surface area contributed by atoms with Crippen LogP contribution in [0.1, 0.15) is 5.69 Å². The van der Waals surface area contributed by atoms with E-state index in [1.165, 1.54) is 0 Å². The molecule has 4 rings (SSSR count). The van der Waals surface area contributed by atoms with Gasteiger partial charge in [-0.3, -0.25) is 9.97 Å². The average molecular weight is 330 g/mol. The van der Waals surface area contributed by atoms with E-state index in [4.69, 9.17) is 0 Å². The number of aromatic nitrogens is 4. The number of benzene rings is 1. The van der Waals surface area contributed by atoms with Gasteiger partial charge in [-0.2, -0.15) is 0 Å². The van der Waals surface area contributed by atoms with E-state index in [9.17, 15) is 0 Å². The monoisotopic (exact) mass is 330 g/mol. The van der Waals surface area contributed by atoms with E-state index in [-0.39, 0.29) is 0 Å². The van der Waals surface area contributed by atoms with Crippen LogP contribution >= 0.6 is 11.8 Å². The largest absolute Gasteiger partial charge is 0.255 e. The number of rotatable bonds is 4. The third-order valence-corrected chi connectivity index (χ3v) is 4.55. The molecule has 24 heavy (non-hydrogen) atoms. The Morgan fingerprint density at radius 3 is 2.50 bits per heavy atom. The highest BCUT2D eigenvalue weighted by molar-refractivity contribution is 7.98. The summed E-state index contributed by atoms with van der Waals surface area (Å²) in [5, 5.41) is 10.6. The normalized spacial score (nSPS) is 10.8. The molecular formula is C19H14N4S. The summed E-state index contributed by atoms with van der Waals surface area (Å²) in [6.07, 6.45) is 1.76. The Labute approximate surface area is 144 Å². The average Bonchev–Trinajstić information content (AvgIpc) is 2.67. The van der Waals surface area contributed by atoms with Crippen molar-refractivity contribution in [1.82, 2.24) is 20.2 Å². The molecule has 0 spiro atoms. The van der Waals surface area contributed by atoms with Gasteiger partial charge in [0.1, 0.15) is 10.7 Å². The minimum atomic E-state index is 0.766. The molecule has 4 nitrogen and oxygen atoms in total. The van der Waals surface area contributed by atoms with Crippen LogP contribution in [-0.4, -0.2) is 20.2 Å². The summed E-state index contributed by atoms with van der Waals surface area (Å²) in [7, 11) is 0. The van der Waals surface area contributed by atoms with Crippen molar-refractivity contribution in [3.63, 3.8) is 0 Å². The van der Waals surface area contributed by atoms with Crippen molar-refractivity contribution < 1.29 is 0 Å². The first kappa shape index (κ1) is 14.8. The van der Waals surface area contributed by atoms with E-state index in [0.29, 0.717) is 0 Å². The van der Waals surface area contributed by atoms with Crippen LogP contribution < -0.4 is 0 Å². The molecule has 0 saturated carbocycles. The molecule has 4 aromatic rings. The molecule has 0 atom stereocenters. The molecule has 0 aliphatic carbocycles. The summed E-state index contributed by atoms with van der Waals surface area (Å²) < 4.78 is 0. The molecule has 0 bridgehead atoms. The Balaban J connectivity index is 1.47. The Kier molecular flexibility index (Phi) is 4.16. The molecule has 0 aliphatic heterocycles. The number of hydrogen-bond donors (Lipinski definition) is 0. The third-order valence-electron chi connectivity index (χ3n) is 3.59. The number of thioether (sulfide) groups is 1. The van der Waals surface area contributed by atoms with Gasteiger partial charge in [-0.05, 0) is 36.4 Å². The van der Waals surface area contributed by atoms with Crippen molar-refractivity contribution in [1.29, 1.82) is 0 Å². The maximum atomic E-state index is 4.68. The molecule has 0 N–H and O–H groups in total. The predicted octanol–water partition coefficient (Wildman–Crippen LogP) is 4.38. The molecular weight excluding hydrogens is 316 g/mol. The van der Waals surface area contributed by atoms with Gasteiger partial charge < -0.3 is 0 Å². The van der Waals surface area contributed by atoms with Gasteiger partial charge in [0.05, 0.1) is 16.9 Å². The Bertz CT molecular complexity index is 956. The lowest BCUT2D eigenvalue weighted by molar-refractivity contribution is 0.930. The van der Waals surface area contributed by atoms with Crippen molar-refractivity contribution in [3.05, 3.63) is 78.6 Å². The van der Waals surface area contributed by atoms with E-state index >= 15 is 0 Å². The van der Waals surface area contributed by atoms with Crippen LogP contribution in [0.25, 0.3) is 22.3 Å². The van der Waals surface area contributed by atoms with E-state index in [0.717, 1.165) is 38.8 Å². The molecule has 0 unspecified atom stereocenters. The highest BCUT2D eigenvalue weighted by Gasteiger charge is 2.04. The van der Waals surface area contributed by atoms with Gasteiger partial charge in [-0.25, -0.2) is 0 Å². The molecule has 1 aromatic carbocycles. The number of para-hydroxylation sites is 1. The summed E-state index contributed by atoms with van der Waals surface area (Å²) in [4.78, 5) is 8.96. The van der Waals surface area contributed by atoms with Crippen LogP contribution in [0.15, 0.2) is 78.0 Å². The first-order chi connectivity index (χ1) is 11.9. The van der Waals surface area contributed by atoms with E-state index < -0.39 is 0 Å². The van der Waals surface area contributed by atoms with E-state index in [1.54, 1.807) is 18.0 Å². The first-order valence-corrected chi connectivity index (χ1v) is 8.60. The molecule has 0 amide bonds. The van der Waals surface area contributed by atoms with Crippen LogP contribution in [0.2, 0.25) is 0 Å². The minimum Gasteiger partial charge on any atom is -0.255 e. The fourth-order valence-electron chi connectivity index (χ4n) is 2.38. The maximum absolute atomic E-state index is 4.68. The highest BCUT2D eigenvalue weighted by atomic mass is 32.2. The number of pyridine rings is 2. The minimum absolute atomic E-state index is 0.766. The van der Waals surface area contributed by atoms with Crippen LogP contribution in [0.4, 0.5) is 0 Å². The molecule has 0 fully saturated rings. The Morgan fingerprint density at radius 1 is 0.750 bits per heavy atom. The number of nitrogens with zero attached hydrogens (tertiary/aromatic N) is 4. The zero-order valence-corrected chi connectivity index (χ0v) is 13.6. The van der Waals surface area contributed by atoms with Crippen molar-refractivity contribution in [2.24, 2.45) is 0 Å². The van der Waals surface area contributed by atoms with Crippen LogP contribution in [-0.2, 0) is 5.75 Å². The predicted molar refractivity (Wildman–Crippen MR) is 96.6 cm³/mol. The highest BCUT2D eigenvalue weighted by Crippen LogP contribution is 2.22. The van der Waals surface area contributed by atoms with Gasteiger partial charge in [-0.1, -0.05) is 42.1 Å². The number of fused-ring (bicyclic) bond motifs is 1. The zero-order valence-electron chi connectivity index (χ0n) is 12.8. The summed E-state index contributed by atoms with van der Waals surface area (Å²) in [5.74, 6) is 0.766. The summed E-state index contributed by atoms with van der Waals surface area (Å²) in [6.45, 7) is 0. The third kappa shape index (κ3) is 3.26. The maximum Gasteiger partial charge on any atom is 0.119 e. The molecule has 116 valence electrons. The fourth-order valence-corrected chi connectivity index (χ4v) is 3.10. The van der Waals surface area contributed by atoms with Gasteiger partial charge in [0.15, 0.2) is 0 Å². The van der Waals surface area contributed by atoms with E-state index in [2.05, 4.69) is 38.4 Å². The summed E-state index contributed by atoms with van der Waals surface area (Å²) in [5.41, 5.74) is 3.67. The molecule has 5 heteroatoms. The SMILES string of the molecule is c1ccc(-c2ccc(SCc3ccc4ccccc4n3)nn2)nc1. The lowest BCUT2D eigenvalue weighted by atomic mass is 10.2. The second-order valence-electron chi connectivity index (χ2n) is 5.26. The van der Waals surface area contributed by atoms with Crippen LogP contribution in [0.3, 0.4) is 0 Å². The fraction of sp³-hybridized carbons (Fsp3) is 0.0526. The summed E-state index contributed by atoms with van der Waals surface area (Å²) in [6, 6.07) is 22.0. The zero-order chi connectivity index (χ0) is 16.2. The van der Waals surface area contributed by atoms with Crippen LogP contribution in [0, 0.1) is 0 Å². The topological polar surface area (TPSA) is 51.6 Å². The molecule has 0 saturated heterocycles. The Morgan fingerprint density at radius 2 is 1.67 bits per heavy atom.